The molecule has 0 fully saturated rings. The summed E-state index contributed by atoms with van der Waals surface area (Å²) in [6.07, 6.45) is 10.9. The molecule has 0 aliphatic heterocycles. The minimum Gasteiger partial charge on any atom is -0.748 e. The van der Waals surface area contributed by atoms with Gasteiger partial charge >= 0.3 is 134 Å². The summed E-state index contributed by atoms with van der Waals surface area (Å²) in [6.45, 7) is 8.51. The van der Waals surface area contributed by atoms with Crippen LogP contribution in [0, 0.1) is 0 Å². The van der Waals surface area contributed by atoms with Crippen LogP contribution >= 0.6 is 0 Å². The average Bonchev–Trinajstić information content (AvgIpc) is 2.45. The quantitative estimate of drug-likeness (QED) is 0.207. The molecule has 0 saturated heterocycles. The van der Waals surface area contributed by atoms with Gasteiger partial charge in [-0.3, -0.25) is 0 Å². The van der Waals surface area contributed by atoms with E-state index in [1.165, 1.54) is 51.5 Å². The molecule has 0 saturated carbocycles. The number of quaternary nitrogens is 1. The molecule has 0 aromatic heterocycles. The summed E-state index contributed by atoms with van der Waals surface area (Å²) in [6, 6.07) is 0. The number of hydrogen-bond acceptors (Lipinski definition) is 3. The average molecular weight is 486 g/mol. The minimum absolute atomic E-state index is 0.604. The fraction of sp³-hybridized carbons (Fsp3) is 1.00. The van der Waals surface area contributed by atoms with E-state index in [0.717, 1.165) is 4.48 Å². The molecule has 0 aromatic rings. The molecule has 0 radical (unpaired) electrons. The van der Waals surface area contributed by atoms with Crippen molar-refractivity contribution in [1.82, 2.24) is 0 Å². The van der Waals surface area contributed by atoms with Gasteiger partial charge in [0.05, 0.1) is 10.1 Å². The predicted octanol–water partition coefficient (Wildman–Crippen LogP) is 5.09. The van der Waals surface area contributed by atoms with Gasteiger partial charge in [0, 0.05) is 6.26 Å². The van der Waals surface area contributed by atoms with Gasteiger partial charge in [-0.05, 0) is 0 Å². The number of unbranched alkanes of at least 4 members (excludes halogenated alkanes) is 3. The van der Waals surface area contributed by atoms with Gasteiger partial charge in [0.1, 0.15) is 0 Å². The van der Waals surface area contributed by atoms with Crippen LogP contribution in [0.2, 0.25) is 17.7 Å². The van der Waals surface area contributed by atoms with E-state index >= 15 is 0 Å². The molecular formula is C19H45NO3SSn. The van der Waals surface area contributed by atoms with Gasteiger partial charge in [0.15, 0.2) is 0 Å². The van der Waals surface area contributed by atoms with E-state index in [1.54, 1.807) is 17.7 Å². The number of nitrogens with zero attached hydrogens (tertiary/aromatic N) is 1. The zero-order chi connectivity index (χ0) is 20.0. The number of hydrogen-bond donors (Lipinski definition) is 0. The van der Waals surface area contributed by atoms with E-state index in [1.807, 2.05) is 0 Å². The van der Waals surface area contributed by atoms with Crippen LogP contribution in [-0.4, -0.2) is 69.8 Å². The Bertz CT molecular complexity index is 376. The Morgan fingerprint density at radius 1 is 0.760 bits per heavy atom. The Kier molecular flexibility index (Phi) is 16.4. The summed E-state index contributed by atoms with van der Waals surface area (Å²) in [5.74, 6) is 0. The van der Waals surface area contributed by atoms with Crippen molar-refractivity contribution in [3.05, 3.63) is 0 Å². The van der Waals surface area contributed by atoms with Crippen molar-refractivity contribution >= 4 is 28.5 Å². The molecule has 0 unspecified atom stereocenters. The summed E-state index contributed by atoms with van der Waals surface area (Å²) >= 11 is -1.80. The molecule has 0 N–H and O–H groups in total. The van der Waals surface area contributed by atoms with Crippen molar-refractivity contribution in [1.29, 1.82) is 0 Å². The molecule has 0 aliphatic rings. The minimum atomic E-state index is -3.92. The molecule has 0 aromatic carbocycles. The van der Waals surface area contributed by atoms with Crippen LogP contribution in [0.5, 0.6) is 0 Å². The molecule has 4 nitrogen and oxygen atoms in total. The van der Waals surface area contributed by atoms with Crippen molar-refractivity contribution in [2.45, 2.75) is 83.5 Å². The first-order valence-corrected chi connectivity index (χ1v) is 20.0. The third-order valence-electron chi connectivity index (χ3n) is 4.72. The topological polar surface area (TPSA) is 57.2 Å². The first kappa shape index (κ1) is 27.9. The smallest absolute Gasteiger partial charge is 0.0916 e. The van der Waals surface area contributed by atoms with Crippen LogP contribution < -0.4 is 0 Å². The SMILES string of the molecule is CCC[CH2][Sn]([CH2]CCC)([CH2]CCC)[CH2]CC[N+](C)(C)C.CS(=O)(=O)[O-]. The maximum atomic E-state index is 9.08. The standard InChI is InChI=1S/C6H15N.3C4H9.CH4O3S.Sn/c1-5-6-7(2,3)4;3*1-3-4-2;1-5(2,3)4;/h1,5-6H2,2-4H3;3*1,3-4H2,2H3;1H3,(H,2,3,4);/q+1;;;;;/p-1. The third kappa shape index (κ3) is 22.6. The molecule has 0 spiro atoms. The molecule has 0 rings (SSSR count). The molecular weight excluding hydrogens is 441 g/mol. The van der Waals surface area contributed by atoms with Gasteiger partial charge in [-0.2, -0.15) is 0 Å². The fourth-order valence-electron chi connectivity index (χ4n) is 3.33. The molecule has 0 atom stereocenters. The van der Waals surface area contributed by atoms with E-state index in [9.17, 15) is 0 Å². The summed E-state index contributed by atoms with van der Waals surface area (Å²) in [5.41, 5.74) is 0. The molecule has 0 amide bonds. The third-order valence-corrected chi connectivity index (χ3v) is 20.9. The Morgan fingerprint density at radius 3 is 1.28 bits per heavy atom. The van der Waals surface area contributed by atoms with Crippen molar-refractivity contribution in [3.8, 4) is 0 Å². The zero-order valence-corrected chi connectivity index (χ0v) is 21.7. The van der Waals surface area contributed by atoms with Crippen molar-refractivity contribution in [2.75, 3.05) is 33.9 Å². The fourth-order valence-corrected chi connectivity index (χ4v) is 19.7. The molecule has 0 aliphatic carbocycles. The van der Waals surface area contributed by atoms with Gasteiger partial charge in [-0.25, -0.2) is 8.42 Å². The Morgan fingerprint density at radius 2 is 1.04 bits per heavy atom. The van der Waals surface area contributed by atoms with Gasteiger partial charge in [-0.15, -0.1) is 0 Å². The Balaban J connectivity index is 0. The summed E-state index contributed by atoms with van der Waals surface area (Å²) in [4.78, 5) is 0. The largest absolute Gasteiger partial charge is 0.748 e. The van der Waals surface area contributed by atoms with Crippen molar-refractivity contribution in [3.63, 3.8) is 0 Å². The molecule has 0 bridgehead atoms. The van der Waals surface area contributed by atoms with Gasteiger partial charge in [-0.1, -0.05) is 0 Å². The van der Waals surface area contributed by atoms with E-state index in [-0.39, 0.29) is 0 Å². The van der Waals surface area contributed by atoms with E-state index in [4.69, 9.17) is 13.0 Å². The predicted molar refractivity (Wildman–Crippen MR) is 113 cm³/mol. The van der Waals surface area contributed by atoms with Crippen molar-refractivity contribution < 1.29 is 17.5 Å². The maximum Gasteiger partial charge on any atom is 0.0916 e. The first-order valence-electron chi connectivity index (χ1n) is 10.1. The van der Waals surface area contributed by atoms with Crippen LogP contribution in [0.1, 0.15) is 65.7 Å². The Labute approximate surface area is 163 Å². The van der Waals surface area contributed by atoms with Crippen LogP contribution in [0.3, 0.4) is 0 Å². The first-order chi connectivity index (χ1) is 11.4. The van der Waals surface area contributed by atoms with Crippen LogP contribution in [0.15, 0.2) is 0 Å². The second kappa shape index (κ2) is 14.7. The second-order valence-corrected chi connectivity index (χ2v) is 24.3. The van der Waals surface area contributed by atoms with Gasteiger partial charge < -0.3 is 4.55 Å². The van der Waals surface area contributed by atoms with Crippen LogP contribution in [-0.2, 0) is 10.1 Å². The van der Waals surface area contributed by atoms with Crippen LogP contribution in [0.25, 0.3) is 0 Å². The van der Waals surface area contributed by atoms with E-state index < -0.39 is 28.5 Å². The monoisotopic (exact) mass is 487 g/mol. The summed E-state index contributed by atoms with van der Waals surface area (Å²) < 4.78 is 35.1. The molecule has 0 heterocycles. The van der Waals surface area contributed by atoms with Crippen molar-refractivity contribution in [2.24, 2.45) is 0 Å². The molecule has 25 heavy (non-hydrogen) atoms. The van der Waals surface area contributed by atoms with Crippen LogP contribution in [0.4, 0.5) is 0 Å². The molecule has 6 heteroatoms. The van der Waals surface area contributed by atoms with Gasteiger partial charge in [0.25, 0.3) is 0 Å². The Hall–Kier alpha value is 0.669. The van der Waals surface area contributed by atoms with E-state index in [0.29, 0.717) is 6.26 Å². The molecule has 154 valence electrons. The van der Waals surface area contributed by atoms with Gasteiger partial charge in [0.2, 0.25) is 0 Å². The normalized spacial score (nSPS) is 12.6. The summed E-state index contributed by atoms with van der Waals surface area (Å²) in [7, 11) is 3.13. The zero-order valence-electron chi connectivity index (χ0n) is 18.1. The second-order valence-electron chi connectivity index (χ2n) is 8.63. The summed E-state index contributed by atoms with van der Waals surface area (Å²) in [5, 5.41) is 0. The van der Waals surface area contributed by atoms with E-state index in [2.05, 4.69) is 41.9 Å². The number of rotatable bonds is 13. The maximum absolute atomic E-state index is 9.08.